The number of rotatable bonds is 2. The number of hydrogen-bond donors (Lipinski definition) is 3. The van der Waals surface area contributed by atoms with Crippen molar-refractivity contribution in [2.75, 3.05) is 12.3 Å². The van der Waals surface area contributed by atoms with E-state index in [1.54, 1.807) is 10.8 Å². The zero-order valence-electron chi connectivity index (χ0n) is 13.9. The number of aromatic nitrogens is 3. The van der Waals surface area contributed by atoms with E-state index in [4.69, 9.17) is 10.5 Å². The van der Waals surface area contributed by atoms with Gasteiger partial charge in [0.2, 0.25) is 0 Å². The zero-order chi connectivity index (χ0) is 18.1. The second-order valence-corrected chi connectivity index (χ2v) is 6.16. The maximum absolute atomic E-state index is 10.3. The molecule has 2 aromatic heterocycles. The molecule has 3 atom stereocenters. The van der Waals surface area contributed by atoms with E-state index < -0.39 is 18.4 Å². The Morgan fingerprint density at radius 1 is 1.23 bits per heavy atom. The van der Waals surface area contributed by atoms with E-state index >= 15 is 0 Å². The molecule has 0 unspecified atom stereocenters. The molecule has 7 heteroatoms. The van der Waals surface area contributed by atoms with Gasteiger partial charge in [0.05, 0.1) is 23.7 Å². The van der Waals surface area contributed by atoms with Crippen molar-refractivity contribution in [1.82, 2.24) is 14.5 Å². The van der Waals surface area contributed by atoms with Gasteiger partial charge < -0.3 is 25.3 Å². The number of fused-ring (bicyclic) bond motifs is 1. The highest BCUT2D eigenvalue weighted by atomic mass is 16.5. The van der Waals surface area contributed by atoms with Gasteiger partial charge in [0.25, 0.3) is 0 Å². The first-order valence-corrected chi connectivity index (χ1v) is 8.30. The monoisotopic (exact) mass is 350 g/mol. The number of aliphatic hydroxyl groups is 2. The number of ether oxygens (including phenoxy) is 1. The van der Waals surface area contributed by atoms with E-state index in [1.165, 1.54) is 6.33 Å². The molecule has 1 aliphatic rings. The van der Waals surface area contributed by atoms with Gasteiger partial charge in [0.1, 0.15) is 23.9 Å². The summed E-state index contributed by atoms with van der Waals surface area (Å²) >= 11 is 0. The quantitative estimate of drug-likeness (QED) is 0.597. The minimum Gasteiger partial charge on any atom is -0.394 e. The average molecular weight is 350 g/mol. The van der Waals surface area contributed by atoms with Crippen molar-refractivity contribution < 1.29 is 14.9 Å². The van der Waals surface area contributed by atoms with Crippen LogP contribution in [-0.2, 0) is 4.74 Å². The lowest BCUT2D eigenvalue weighted by Crippen LogP contribution is -2.19. The van der Waals surface area contributed by atoms with Gasteiger partial charge in [-0.2, -0.15) is 0 Å². The Kier molecular flexibility index (Phi) is 4.31. The third-order valence-corrected chi connectivity index (χ3v) is 4.40. The maximum Gasteiger partial charge on any atom is 0.161 e. The SMILES string of the molecule is Nc1ncnc2c1c(C#Cc1ccccc1)cn2[C@@H]1O[C@H](CO)C[C@H]1O. The predicted octanol–water partition coefficient (Wildman–Crippen LogP) is 1.05. The number of nitrogens with two attached hydrogens (primary N) is 1. The molecule has 0 aliphatic carbocycles. The number of nitrogens with zero attached hydrogens (tertiary/aromatic N) is 3. The molecule has 0 radical (unpaired) electrons. The van der Waals surface area contributed by atoms with Crippen molar-refractivity contribution in [2.45, 2.75) is 24.9 Å². The summed E-state index contributed by atoms with van der Waals surface area (Å²) < 4.78 is 7.46. The number of aliphatic hydroxyl groups excluding tert-OH is 2. The van der Waals surface area contributed by atoms with Gasteiger partial charge in [-0.25, -0.2) is 9.97 Å². The molecule has 4 N–H and O–H groups in total. The van der Waals surface area contributed by atoms with E-state index in [9.17, 15) is 10.2 Å². The first kappa shape index (κ1) is 16.5. The fourth-order valence-electron chi connectivity index (χ4n) is 3.16. The predicted molar refractivity (Wildman–Crippen MR) is 96.0 cm³/mol. The normalized spacial score (nSPS) is 22.3. The van der Waals surface area contributed by atoms with Crippen LogP contribution >= 0.6 is 0 Å². The van der Waals surface area contributed by atoms with Crippen LogP contribution < -0.4 is 5.73 Å². The fourth-order valence-corrected chi connectivity index (χ4v) is 3.16. The van der Waals surface area contributed by atoms with Crippen molar-refractivity contribution in [3.05, 3.63) is 54.0 Å². The molecule has 1 aliphatic heterocycles. The topological polar surface area (TPSA) is 106 Å². The van der Waals surface area contributed by atoms with Crippen LogP contribution in [0, 0.1) is 11.8 Å². The second-order valence-electron chi connectivity index (χ2n) is 6.16. The van der Waals surface area contributed by atoms with Gasteiger partial charge in [0.15, 0.2) is 6.23 Å². The molecule has 3 heterocycles. The summed E-state index contributed by atoms with van der Waals surface area (Å²) in [6.07, 6.45) is 1.66. The minimum absolute atomic E-state index is 0.148. The number of nitrogen functional groups attached to an aromatic ring is 1. The Bertz CT molecular complexity index is 990. The van der Waals surface area contributed by atoms with Crippen molar-refractivity contribution in [2.24, 2.45) is 0 Å². The molecule has 0 amide bonds. The van der Waals surface area contributed by atoms with Gasteiger partial charge in [0, 0.05) is 18.2 Å². The lowest BCUT2D eigenvalue weighted by molar-refractivity contribution is -0.0484. The summed E-state index contributed by atoms with van der Waals surface area (Å²) in [5.74, 6) is 6.53. The first-order valence-electron chi connectivity index (χ1n) is 8.30. The van der Waals surface area contributed by atoms with Gasteiger partial charge in [-0.15, -0.1) is 0 Å². The van der Waals surface area contributed by atoms with Crippen LogP contribution in [0.1, 0.15) is 23.8 Å². The Morgan fingerprint density at radius 3 is 2.77 bits per heavy atom. The van der Waals surface area contributed by atoms with Crippen LogP contribution in [-0.4, -0.2) is 43.6 Å². The molecular weight excluding hydrogens is 332 g/mol. The summed E-state index contributed by atoms with van der Waals surface area (Å²) in [4.78, 5) is 8.35. The van der Waals surface area contributed by atoms with E-state index in [2.05, 4.69) is 21.8 Å². The molecule has 132 valence electrons. The van der Waals surface area contributed by atoms with Crippen LogP contribution in [0.25, 0.3) is 11.0 Å². The molecular formula is C19H18N4O3. The molecule has 0 saturated carbocycles. The summed E-state index contributed by atoms with van der Waals surface area (Å²) in [6, 6.07) is 9.60. The van der Waals surface area contributed by atoms with Gasteiger partial charge in [-0.05, 0) is 12.1 Å². The van der Waals surface area contributed by atoms with Crippen molar-refractivity contribution in [1.29, 1.82) is 0 Å². The van der Waals surface area contributed by atoms with E-state index in [-0.39, 0.29) is 6.61 Å². The third-order valence-electron chi connectivity index (χ3n) is 4.40. The number of hydrogen-bond acceptors (Lipinski definition) is 6. The van der Waals surface area contributed by atoms with Gasteiger partial charge in [-0.1, -0.05) is 30.0 Å². The third kappa shape index (κ3) is 2.91. The van der Waals surface area contributed by atoms with E-state index in [1.807, 2.05) is 30.3 Å². The molecule has 1 saturated heterocycles. The standard InChI is InChI=1S/C19H18N4O3/c20-17-16-13(7-6-12-4-2-1-3-5-12)9-23(18(16)22-11-21-17)19-15(25)8-14(10-24)26-19/h1-5,9,11,14-15,19,24-25H,8,10H2,(H2,20,21,22)/t14-,15+,19+/m0/s1. The number of benzene rings is 1. The van der Waals surface area contributed by atoms with Gasteiger partial charge in [-0.3, -0.25) is 0 Å². The molecule has 26 heavy (non-hydrogen) atoms. The highest BCUT2D eigenvalue weighted by Gasteiger charge is 2.36. The lowest BCUT2D eigenvalue weighted by atomic mass is 10.2. The molecule has 0 bridgehead atoms. The van der Waals surface area contributed by atoms with Crippen LogP contribution in [0.15, 0.2) is 42.9 Å². The molecule has 7 nitrogen and oxygen atoms in total. The summed E-state index contributed by atoms with van der Waals surface area (Å²) in [5, 5.41) is 20.3. The first-order chi connectivity index (χ1) is 12.7. The Balaban J connectivity index is 1.81. The van der Waals surface area contributed by atoms with Crippen LogP contribution in [0.5, 0.6) is 0 Å². The Hall–Kier alpha value is -2.92. The second kappa shape index (κ2) is 6.77. The molecule has 4 rings (SSSR count). The van der Waals surface area contributed by atoms with Crippen LogP contribution in [0.2, 0.25) is 0 Å². The largest absolute Gasteiger partial charge is 0.394 e. The molecule has 0 spiro atoms. The highest BCUT2D eigenvalue weighted by Crippen LogP contribution is 2.33. The van der Waals surface area contributed by atoms with Crippen LogP contribution in [0.4, 0.5) is 5.82 Å². The molecule has 1 aromatic carbocycles. The van der Waals surface area contributed by atoms with E-state index in [0.29, 0.717) is 28.8 Å². The number of anilines is 1. The smallest absolute Gasteiger partial charge is 0.161 e. The highest BCUT2D eigenvalue weighted by molar-refractivity contribution is 5.92. The van der Waals surface area contributed by atoms with E-state index in [0.717, 1.165) is 5.56 Å². The maximum atomic E-state index is 10.3. The van der Waals surface area contributed by atoms with Crippen molar-refractivity contribution >= 4 is 16.9 Å². The molecule has 1 fully saturated rings. The van der Waals surface area contributed by atoms with Crippen LogP contribution in [0.3, 0.4) is 0 Å². The minimum atomic E-state index is -0.756. The van der Waals surface area contributed by atoms with Crippen molar-refractivity contribution in [3.63, 3.8) is 0 Å². The average Bonchev–Trinajstić information content (AvgIpc) is 3.22. The lowest BCUT2D eigenvalue weighted by Gasteiger charge is -2.17. The fraction of sp³-hybridized carbons (Fsp3) is 0.263. The van der Waals surface area contributed by atoms with Gasteiger partial charge >= 0.3 is 0 Å². The summed E-state index contributed by atoms with van der Waals surface area (Å²) in [6.45, 7) is -0.148. The molecule has 3 aromatic rings. The Morgan fingerprint density at radius 2 is 2.04 bits per heavy atom. The summed E-state index contributed by atoms with van der Waals surface area (Å²) in [5.41, 5.74) is 8.12. The van der Waals surface area contributed by atoms with Crippen molar-refractivity contribution in [3.8, 4) is 11.8 Å². The zero-order valence-corrected chi connectivity index (χ0v) is 13.9. The Labute approximate surface area is 150 Å². The summed E-state index contributed by atoms with van der Waals surface area (Å²) in [7, 11) is 0.